The summed E-state index contributed by atoms with van der Waals surface area (Å²) in [5.74, 6) is -0.0762. The average Bonchev–Trinajstić information content (AvgIpc) is 2.90. The molecule has 0 unspecified atom stereocenters. The molecule has 0 saturated carbocycles. The van der Waals surface area contributed by atoms with Crippen molar-refractivity contribution in [2.24, 2.45) is 0 Å². The quantitative estimate of drug-likeness (QED) is 0.719. The van der Waals surface area contributed by atoms with Crippen molar-refractivity contribution < 1.29 is 9.21 Å². The predicted octanol–water partition coefficient (Wildman–Crippen LogP) is 5.19. The third-order valence-corrected chi connectivity index (χ3v) is 4.56. The highest BCUT2D eigenvalue weighted by Gasteiger charge is 2.15. The van der Waals surface area contributed by atoms with E-state index in [9.17, 15) is 4.79 Å². The number of hydrogen-bond donors (Lipinski definition) is 1. The van der Waals surface area contributed by atoms with Gasteiger partial charge in [0.1, 0.15) is 5.58 Å². The first-order valence-electron chi connectivity index (χ1n) is 7.48. The van der Waals surface area contributed by atoms with Crippen molar-refractivity contribution in [3.8, 4) is 0 Å². The summed E-state index contributed by atoms with van der Waals surface area (Å²) < 4.78 is 5.59. The lowest BCUT2D eigenvalue weighted by Gasteiger charge is -2.07. The summed E-state index contributed by atoms with van der Waals surface area (Å²) in [7, 11) is 0. The molecule has 0 fully saturated rings. The SMILES string of the molecule is Cc1ccc(NC(=O)Cc2coc3cc(C)c(Cl)c(C)c23)cc1. The first-order chi connectivity index (χ1) is 11.0. The summed E-state index contributed by atoms with van der Waals surface area (Å²) in [6.45, 7) is 5.91. The van der Waals surface area contributed by atoms with Gasteiger partial charge in [-0.2, -0.15) is 0 Å². The molecule has 3 nitrogen and oxygen atoms in total. The fourth-order valence-corrected chi connectivity index (χ4v) is 2.90. The number of halogens is 1. The molecule has 0 atom stereocenters. The van der Waals surface area contributed by atoms with E-state index in [2.05, 4.69) is 5.32 Å². The number of benzene rings is 2. The van der Waals surface area contributed by atoms with Gasteiger partial charge in [0.2, 0.25) is 5.91 Å². The van der Waals surface area contributed by atoms with E-state index in [1.54, 1.807) is 6.26 Å². The summed E-state index contributed by atoms with van der Waals surface area (Å²) >= 11 is 6.32. The van der Waals surface area contributed by atoms with Crippen LogP contribution in [0.3, 0.4) is 0 Å². The van der Waals surface area contributed by atoms with Gasteiger partial charge in [-0.05, 0) is 50.1 Å². The van der Waals surface area contributed by atoms with Gasteiger partial charge in [0, 0.05) is 21.7 Å². The third kappa shape index (κ3) is 3.10. The van der Waals surface area contributed by atoms with E-state index in [-0.39, 0.29) is 12.3 Å². The minimum absolute atomic E-state index is 0.0762. The van der Waals surface area contributed by atoms with Crippen LogP contribution in [-0.4, -0.2) is 5.91 Å². The number of carbonyl (C=O) groups is 1. The van der Waals surface area contributed by atoms with Gasteiger partial charge in [-0.3, -0.25) is 4.79 Å². The van der Waals surface area contributed by atoms with E-state index in [0.717, 1.165) is 43.9 Å². The van der Waals surface area contributed by atoms with Crippen molar-refractivity contribution in [1.29, 1.82) is 0 Å². The van der Waals surface area contributed by atoms with Crippen molar-refractivity contribution in [1.82, 2.24) is 0 Å². The molecule has 0 bridgehead atoms. The summed E-state index contributed by atoms with van der Waals surface area (Å²) in [4.78, 5) is 12.3. The molecule has 3 rings (SSSR count). The van der Waals surface area contributed by atoms with Crippen molar-refractivity contribution >= 4 is 34.2 Å². The first kappa shape index (κ1) is 15.6. The molecule has 2 aromatic carbocycles. The lowest BCUT2D eigenvalue weighted by molar-refractivity contribution is -0.115. The molecule has 0 radical (unpaired) electrons. The molecule has 0 aliphatic heterocycles. The molecule has 1 heterocycles. The summed E-state index contributed by atoms with van der Waals surface area (Å²) in [5.41, 5.74) is 5.49. The fourth-order valence-electron chi connectivity index (χ4n) is 2.75. The first-order valence-corrected chi connectivity index (χ1v) is 7.86. The Morgan fingerprint density at radius 1 is 1.17 bits per heavy atom. The van der Waals surface area contributed by atoms with E-state index in [1.807, 2.05) is 51.1 Å². The van der Waals surface area contributed by atoms with Crippen LogP contribution in [-0.2, 0) is 11.2 Å². The van der Waals surface area contributed by atoms with E-state index in [0.29, 0.717) is 0 Å². The number of fused-ring (bicyclic) bond motifs is 1. The van der Waals surface area contributed by atoms with Crippen LogP contribution in [0, 0.1) is 20.8 Å². The second kappa shape index (κ2) is 6.09. The van der Waals surface area contributed by atoms with Gasteiger partial charge in [-0.1, -0.05) is 29.3 Å². The van der Waals surface area contributed by atoms with Gasteiger partial charge in [-0.25, -0.2) is 0 Å². The second-order valence-electron chi connectivity index (χ2n) is 5.86. The Balaban J connectivity index is 1.85. The minimum atomic E-state index is -0.0762. The maximum atomic E-state index is 12.3. The summed E-state index contributed by atoms with van der Waals surface area (Å²) in [5, 5.41) is 4.56. The van der Waals surface area contributed by atoms with Gasteiger partial charge >= 0.3 is 0 Å². The molecular weight excluding hydrogens is 310 g/mol. The zero-order valence-corrected chi connectivity index (χ0v) is 14.1. The second-order valence-corrected chi connectivity index (χ2v) is 6.24. The number of carbonyl (C=O) groups excluding carboxylic acids is 1. The molecule has 118 valence electrons. The fraction of sp³-hybridized carbons (Fsp3) is 0.211. The number of nitrogens with one attached hydrogen (secondary N) is 1. The monoisotopic (exact) mass is 327 g/mol. The van der Waals surface area contributed by atoms with Gasteiger partial charge in [0.25, 0.3) is 0 Å². The van der Waals surface area contributed by atoms with Crippen molar-refractivity contribution in [2.45, 2.75) is 27.2 Å². The molecule has 3 aromatic rings. The lowest BCUT2D eigenvalue weighted by atomic mass is 10.0. The van der Waals surface area contributed by atoms with E-state index in [4.69, 9.17) is 16.0 Å². The Labute approximate surface area is 140 Å². The number of aryl methyl sites for hydroxylation is 3. The summed E-state index contributed by atoms with van der Waals surface area (Å²) in [6, 6.07) is 9.63. The predicted molar refractivity (Wildman–Crippen MR) is 94.2 cm³/mol. The van der Waals surface area contributed by atoms with E-state index >= 15 is 0 Å². The van der Waals surface area contributed by atoms with Crippen LogP contribution in [0.2, 0.25) is 5.02 Å². The number of amides is 1. The van der Waals surface area contributed by atoms with Crippen LogP contribution >= 0.6 is 11.6 Å². The molecule has 0 aliphatic carbocycles. The zero-order chi connectivity index (χ0) is 16.6. The number of rotatable bonds is 3. The Hall–Kier alpha value is -2.26. The highest BCUT2D eigenvalue weighted by Crippen LogP contribution is 2.32. The molecule has 1 N–H and O–H groups in total. The molecule has 0 saturated heterocycles. The zero-order valence-electron chi connectivity index (χ0n) is 13.4. The number of furan rings is 1. The molecule has 4 heteroatoms. The Morgan fingerprint density at radius 3 is 2.57 bits per heavy atom. The molecule has 1 amide bonds. The van der Waals surface area contributed by atoms with Gasteiger partial charge < -0.3 is 9.73 Å². The van der Waals surface area contributed by atoms with E-state index < -0.39 is 0 Å². The number of hydrogen-bond acceptors (Lipinski definition) is 2. The molecule has 0 spiro atoms. The highest BCUT2D eigenvalue weighted by molar-refractivity contribution is 6.33. The molecule has 0 aliphatic rings. The topological polar surface area (TPSA) is 42.2 Å². The smallest absolute Gasteiger partial charge is 0.228 e. The Morgan fingerprint density at radius 2 is 1.87 bits per heavy atom. The highest BCUT2D eigenvalue weighted by atomic mass is 35.5. The maximum Gasteiger partial charge on any atom is 0.228 e. The van der Waals surface area contributed by atoms with Gasteiger partial charge in [0.05, 0.1) is 12.7 Å². The molecule has 1 aromatic heterocycles. The average molecular weight is 328 g/mol. The van der Waals surface area contributed by atoms with Crippen LogP contribution in [0.15, 0.2) is 41.0 Å². The standard InChI is InChI=1S/C19H18ClNO2/c1-11-4-6-15(7-5-11)21-17(22)9-14-10-23-16-8-12(2)19(20)13(3)18(14)16/h4-8,10H,9H2,1-3H3,(H,21,22). The minimum Gasteiger partial charge on any atom is -0.464 e. The summed E-state index contributed by atoms with van der Waals surface area (Å²) in [6.07, 6.45) is 1.89. The third-order valence-electron chi connectivity index (χ3n) is 3.98. The largest absolute Gasteiger partial charge is 0.464 e. The Kier molecular flexibility index (Phi) is 4.14. The van der Waals surface area contributed by atoms with Gasteiger partial charge in [0.15, 0.2) is 0 Å². The lowest BCUT2D eigenvalue weighted by Crippen LogP contribution is -2.14. The van der Waals surface area contributed by atoms with Crippen LogP contribution in [0.1, 0.15) is 22.3 Å². The molecular formula is C19H18ClNO2. The Bertz CT molecular complexity index is 879. The normalized spacial score (nSPS) is 11.0. The van der Waals surface area contributed by atoms with Crippen molar-refractivity contribution in [3.63, 3.8) is 0 Å². The van der Waals surface area contributed by atoms with Crippen molar-refractivity contribution in [3.05, 3.63) is 63.9 Å². The van der Waals surface area contributed by atoms with E-state index in [1.165, 1.54) is 0 Å². The maximum absolute atomic E-state index is 12.3. The van der Waals surface area contributed by atoms with Crippen molar-refractivity contribution in [2.75, 3.05) is 5.32 Å². The number of anilines is 1. The van der Waals surface area contributed by atoms with Crippen LogP contribution in [0.5, 0.6) is 0 Å². The van der Waals surface area contributed by atoms with Crippen LogP contribution in [0.25, 0.3) is 11.0 Å². The van der Waals surface area contributed by atoms with Gasteiger partial charge in [-0.15, -0.1) is 0 Å². The van der Waals surface area contributed by atoms with Crippen LogP contribution < -0.4 is 5.32 Å². The molecule has 23 heavy (non-hydrogen) atoms. The van der Waals surface area contributed by atoms with Crippen LogP contribution in [0.4, 0.5) is 5.69 Å².